The second-order valence-corrected chi connectivity index (χ2v) is 6.09. The molecule has 0 aromatic carbocycles. The van der Waals surface area contributed by atoms with Gasteiger partial charge in [-0.05, 0) is 32.9 Å². The maximum atomic E-state index is 12.6. The summed E-state index contributed by atoms with van der Waals surface area (Å²) in [5, 5.41) is 3.04. The van der Waals surface area contributed by atoms with Gasteiger partial charge < -0.3 is 14.5 Å². The van der Waals surface area contributed by atoms with Gasteiger partial charge in [-0.15, -0.1) is 0 Å². The summed E-state index contributed by atoms with van der Waals surface area (Å²) >= 11 is 0. The zero-order chi connectivity index (χ0) is 16.5. The molecule has 5 nitrogen and oxygen atoms in total. The monoisotopic (exact) mass is 320 g/mol. The Labute approximate surface area is 126 Å². The molecule has 1 atom stereocenters. The molecule has 2 heterocycles. The second kappa shape index (κ2) is 5.83. The minimum atomic E-state index is -4.54. The SMILES string of the molecule is CC(C)(C)OC(=O)N1CCNCC1c1ccc(C(F)(F)F)o1. The van der Waals surface area contributed by atoms with E-state index < -0.39 is 29.7 Å². The van der Waals surface area contributed by atoms with Gasteiger partial charge in [0.05, 0.1) is 0 Å². The van der Waals surface area contributed by atoms with Crippen molar-refractivity contribution in [2.75, 3.05) is 19.6 Å². The van der Waals surface area contributed by atoms with E-state index in [1.54, 1.807) is 20.8 Å². The van der Waals surface area contributed by atoms with Crippen molar-refractivity contribution in [2.45, 2.75) is 38.6 Å². The average molecular weight is 320 g/mol. The number of piperazine rings is 1. The van der Waals surface area contributed by atoms with Gasteiger partial charge in [0.1, 0.15) is 17.4 Å². The first kappa shape index (κ1) is 16.7. The number of nitrogens with one attached hydrogen (secondary N) is 1. The van der Waals surface area contributed by atoms with Gasteiger partial charge in [-0.25, -0.2) is 4.79 Å². The van der Waals surface area contributed by atoms with Gasteiger partial charge in [-0.3, -0.25) is 4.90 Å². The van der Waals surface area contributed by atoms with Crippen LogP contribution in [-0.2, 0) is 10.9 Å². The van der Waals surface area contributed by atoms with E-state index in [0.29, 0.717) is 19.6 Å². The van der Waals surface area contributed by atoms with Crippen LogP contribution >= 0.6 is 0 Å². The zero-order valence-electron chi connectivity index (χ0n) is 12.7. The molecular formula is C14H19F3N2O3. The van der Waals surface area contributed by atoms with Crippen LogP contribution in [0.25, 0.3) is 0 Å². The average Bonchev–Trinajstić information content (AvgIpc) is 2.86. The van der Waals surface area contributed by atoms with Crippen LogP contribution in [0, 0.1) is 0 Å². The Morgan fingerprint density at radius 3 is 2.59 bits per heavy atom. The lowest BCUT2D eigenvalue weighted by Crippen LogP contribution is -2.50. The molecule has 8 heteroatoms. The van der Waals surface area contributed by atoms with Crippen LogP contribution in [0.2, 0.25) is 0 Å². The molecular weight excluding hydrogens is 301 g/mol. The molecule has 1 aliphatic heterocycles. The number of alkyl halides is 3. The number of hydrogen-bond acceptors (Lipinski definition) is 4. The minimum absolute atomic E-state index is 0.0883. The largest absolute Gasteiger partial charge is 0.454 e. The molecule has 1 N–H and O–H groups in total. The van der Waals surface area contributed by atoms with Gasteiger partial charge in [0.15, 0.2) is 0 Å². The van der Waals surface area contributed by atoms with Crippen molar-refractivity contribution in [3.63, 3.8) is 0 Å². The molecule has 1 aromatic rings. The maximum absolute atomic E-state index is 12.6. The van der Waals surface area contributed by atoms with E-state index in [-0.39, 0.29) is 5.76 Å². The Kier molecular flexibility index (Phi) is 4.42. The van der Waals surface area contributed by atoms with E-state index in [1.165, 1.54) is 11.0 Å². The van der Waals surface area contributed by atoms with Crippen molar-refractivity contribution in [1.29, 1.82) is 0 Å². The van der Waals surface area contributed by atoms with Crippen LogP contribution < -0.4 is 5.32 Å². The summed E-state index contributed by atoms with van der Waals surface area (Å²) in [4.78, 5) is 13.6. The Morgan fingerprint density at radius 2 is 2.05 bits per heavy atom. The highest BCUT2D eigenvalue weighted by molar-refractivity contribution is 5.69. The topological polar surface area (TPSA) is 54.7 Å². The summed E-state index contributed by atoms with van der Waals surface area (Å²) in [6.45, 7) is 6.39. The second-order valence-electron chi connectivity index (χ2n) is 6.09. The Bertz CT molecular complexity index is 534. The van der Waals surface area contributed by atoms with Crippen molar-refractivity contribution < 1.29 is 27.1 Å². The summed E-state index contributed by atoms with van der Waals surface area (Å²) in [6, 6.07) is 1.49. The molecule has 124 valence electrons. The van der Waals surface area contributed by atoms with Gasteiger partial charge in [-0.1, -0.05) is 0 Å². The molecule has 1 amide bonds. The molecule has 0 spiro atoms. The summed E-state index contributed by atoms with van der Waals surface area (Å²) in [6.07, 6.45) is -5.11. The Balaban J connectivity index is 2.19. The number of carbonyl (C=O) groups excluding carboxylic acids is 1. The number of rotatable bonds is 1. The maximum Gasteiger partial charge on any atom is 0.449 e. The molecule has 0 aliphatic carbocycles. The minimum Gasteiger partial charge on any atom is -0.454 e. The van der Waals surface area contributed by atoms with E-state index in [9.17, 15) is 18.0 Å². The van der Waals surface area contributed by atoms with Crippen LogP contribution in [0.3, 0.4) is 0 Å². The molecule has 2 rings (SSSR count). The number of nitrogens with zero attached hydrogens (tertiary/aromatic N) is 1. The van der Waals surface area contributed by atoms with Crippen LogP contribution in [0.15, 0.2) is 16.5 Å². The zero-order valence-corrected chi connectivity index (χ0v) is 12.7. The predicted molar refractivity (Wildman–Crippen MR) is 72.3 cm³/mol. The molecule has 0 saturated carbocycles. The number of carbonyl (C=O) groups is 1. The van der Waals surface area contributed by atoms with E-state index >= 15 is 0 Å². The lowest BCUT2D eigenvalue weighted by molar-refractivity contribution is -0.153. The third kappa shape index (κ3) is 3.94. The molecule has 22 heavy (non-hydrogen) atoms. The molecule has 1 aromatic heterocycles. The first-order chi connectivity index (χ1) is 10.1. The predicted octanol–water partition coefficient (Wildman–Crippen LogP) is 3.18. The first-order valence-electron chi connectivity index (χ1n) is 6.95. The van der Waals surface area contributed by atoms with Gasteiger partial charge in [0.25, 0.3) is 0 Å². The molecule has 1 fully saturated rings. The molecule has 1 saturated heterocycles. The third-order valence-corrected chi connectivity index (χ3v) is 3.11. The van der Waals surface area contributed by atoms with Crippen LogP contribution in [0.5, 0.6) is 0 Å². The fourth-order valence-electron chi connectivity index (χ4n) is 2.18. The highest BCUT2D eigenvalue weighted by atomic mass is 19.4. The van der Waals surface area contributed by atoms with Crippen LogP contribution in [0.1, 0.15) is 38.3 Å². The summed E-state index contributed by atoms with van der Waals surface area (Å²) in [7, 11) is 0. The third-order valence-electron chi connectivity index (χ3n) is 3.11. The van der Waals surface area contributed by atoms with E-state index in [4.69, 9.17) is 9.15 Å². The molecule has 1 aliphatic rings. The van der Waals surface area contributed by atoms with Gasteiger partial charge in [-0.2, -0.15) is 13.2 Å². The van der Waals surface area contributed by atoms with Crippen LogP contribution in [0.4, 0.5) is 18.0 Å². The number of ether oxygens (including phenoxy) is 1. The standard InChI is InChI=1S/C14H19F3N2O3/c1-13(2,3)22-12(20)19-7-6-18-8-9(19)10-4-5-11(21-10)14(15,16)17/h4-5,9,18H,6-8H2,1-3H3. The highest BCUT2D eigenvalue weighted by Gasteiger charge is 2.38. The number of furan rings is 1. The molecule has 0 bridgehead atoms. The van der Waals surface area contributed by atoms with Crippen molar-refractivity contribution in [3.8, 4) is 0 Å². The smallest absolute Gasteiger partial charge is 0.449 e. The van der Waals surface area contributed by atoms with E-state index in [2.05, 4.69) is 5.32 Å². The van der Waals surface area contributed by atoms with Gasteiger partial charge in [0, 0.05) is 19.6 Å². The summed E-state index contributed by atoms with van der Waals surface area (Å²) < 4.78 is 48.1. The van der Waals surface area contributed by atoms with Crippen molar-refractivity contribution >= 4 is 6.09 Å². The normalized spacial score (nSPS) is 20.1. The number of halogens is 3. The fourth-order valence-corrected chi connectivity index (χ4v) is 2.18. The summed E-state index contributed by atoms with van der Waals surface area (Å²) in [5.41, 5.74) is -0.674. The summed E-state index contributed by atoms with van der Waals surface area (Å²) in [5.74, 6) is -0.984. The quantitative estimate of drug-likeness (QED) is 0.863. The van der Waals surface area contributed by atoms with Crippen molar-refractivity contribution in [2.24, 2.45) is 0 Å². The number of amides is 1. The lowest BCUT2D eigenvalue weighted by atomic mass is 10.1. The van der Waals surface area contributed by atoms with Crippen molar-refractivity contribution in [3.05, 3.63) is 23.7 Å². The van der Waals surface area contributed by atoms with Crippen molar-refractivity contribution in [1.82, 2.24) is 10.2 Å². The van der Waals surface area contributed by atoms with E-state index in [0.717, 1.165) is 6.07 Å². The highest BCUT2D eigenvalue weighted by Crippen LogP contribution is 2.34. The van der Waals surface area contributed by atoms with Gasteiger partial charge >= 0.3 is 12.3 Å². The lowest BCUT2D eigenvalue weighted by Gasteiger charge is -2.36. The fraction of sp³-hybridized carbons (Fsp3) is 0.643. The molecule has 1 unspecified atom stereocenters. The Hall–Kier alpha value is -1.70. The van der Waals surface area contributed by atoms with E-state index in [1.807, 2.05) is 0 Å². The first-order valence-corrected chi connectivity index (χ1v) is 6.95. The number of hydrogen-bond donors (Lipinski definition) is 1. The Morgan fingerprint density at radius 1 is 1.36 bits per heavy atom. The van der Waals surface area contributed by atoms with Gasteiger partial charge in [0.2, 0.25) is 5.76 Å². The molecule has 0 radical (unpaired) electrons. The van der Waals surface area contributed by atoms with Crippen LogP contribution in [-0.4, -0.2) is 36.2 Å².